The van der Waals surface area contributed by atoms with E-state index in [1.165, 1.54) is 5.56 Å². The standard InChI is InChI=1S/C16H18N4/c1-2-14(17)12-10-18-15(19-11-12)20-16(8-9-16)13-6-4-3-5-7-13/h2-7,10-11H,8-9,17H2,1H3,(H,18,19,20). The Balaban J connectivity index is 1.79. The van der Waals surface area contributed by atoms with Crippen LogP contribution in [0.1, 0.15) is 30.9 Å². The SMILES string of the molecule is CC=C(N)c1cnc(NC2(c3ccccc3)CC2)nc1. The van der Waals surface area contributed by atoms with Crippen molar-refractivity contribution in [3.8, 4) is 0 Å². The van der Waals surface area contributed by atoms with Gasteiger partial charge in [-0.3, -0.25) is 0 Å². The Hall–Kier alpha value is -2.36. The van der Waals surface area contributed by atoms with Gasteiger partial charge in [-0.15, -0.1) is 0 Å². The first kappa shape index (κ1) is 12.7. The fourth-order valence-electron chi connectivity index (χ4n) is 2.29. The van der Waals surface area contributed by atoms with Crippen molar-refractivity contribution >= 4 is 11.6 Å². The summed E-state index contributed by atoms with van der Waals surface area (Å²) in [4.78, 5) is 8.71. The fourth-order valence-corrected chi connectivity index (χ4v) is 2.29. The number of nitrogens with two attached hydrogens (primary N) is 1. The van der Waals surface area contributed by atoms with Gasteiger partial charge in [0.2, 0.25) is 5.95 Å². The first-order valence-corrected chi connectivity index (χ1v) is 6.81. The lowest BCUT2D eigenvalue weighted by atomic mass is 10.1. The summed E-state index contributed by atoms with van der Waals surface area (Å²) in [6, 6.07) is 10.4. The number of allylic oxidation sites excluding steroid dienone is 1. The van der Waals surface area contributed by atoms with E-state index < -0.39 is 0 Å². The van der Waals surface area contributed by atoms with Crippen molar-refractivity contribution in [2.45, 2.75) is 25.3 Å². The highest BCUT2D eigenvalue weighted by Gasteiger charge is 2.44. The number of hydrogen-bond acceptors (Lipinski definition) is 4. The molecule has 0 bridgehead atoms. The minimum atomic E-state index is 0.00885. The number of aromatic nitrogens is 2. The molecule has 1 aliphatic rings. The molecule has 1 heterocycles. The van der Waals surface area contributed by atoms with Gasteiger partial charge in [0.05, 0.1) is 5.54 Å². The Morgan fingerprint density at radius 1 is 1.20 bits per heavy atom. The zero-order valence-electron chi connectivity index (χ0n) is 11.5. The smallest absolute Gasteiger partial charge is 0.223 e. The lowest BCUT2D eigenvalue weighted by Gasteiger charge is -2.17. The van der Waals surface area contributed by atoms with Gasteiger partial charge >= 0.3 is 0 Å². The third-order valence-corrected chi connectivity index (χ3v) is 3.72. The van der Waals surface area contributed by atoms with Gasteiger partial charge in [-0.25, -0.2) is 9.97 Å². The Morgan fingerprint density at radius 3 is 2.40 bits per heavy atom. The van der Waals surface area contributed by atoms with E-state index in [1.54, 1.807) is 12.4 Å². The lowest BCUT2D eigenvalue weighted by molar-refractivity contribution is 0.789. The fraction of sp³-hybridized carbons (Fsp3) is 0.250. The van der Waals surface area contributed by atoms with Gasteiger partial charge in [0.15, 0.2) is 0 Å². The minimum Gasteiger partial charge on any atom is -0.398 e. The van der Waals surface area contributed by atoms with Gasteiger partial charge in [-0.05, 0) is 25.3 Å². The van der Waals surface area contributed by atoms with Crippen LogP contribution >= 0.6 is 0 Å². The van der Waals surface area contributed by atoms with Gasteiger partial charge in [0, 0.05) is 23.7 Å². The van der Waals surface area contributed by atoms with E-state index >= 15 is 0 Å². The largest absolute Gasteiger partial charge is 0.398 e. The number of anilines is 1. The maximum atomic E-state index is 5.84. The van der Waals surface area contributed by atoms with Crippen LogP contribution in [0.25, 0.3) is 5.70 Å². The molecule has 0 unspecified atom stereocenters. The number of rotatable bonds is 4. The molecule has 102 valence electrons. The second-order valence-corrected chi connectivity index (χ2v) is 5.11. The predicted octanol–water partition coefficient (Wildman–Crippen LogP) is 2.90. The summed E-state index contributed by atoms with van der Waals surface area (Å²) in [5.74, 6) is 0.652. The van der Waals surface area contributed by atoms with Crippen LogP contribution < -0.4 is 11.1 Å². The Kier molecular flexibility index (Phi) is 3.14. The first-order chi connectivity index (χ1) is 9.73. The van der Waals surface area contributed by atoms with Crippen molar-refractivity contribution < 1.29 is 0 Å². The van der Waals surface area contributed by atoms with E-state index in [9.17, 15) is 0 Å². The number of nitrogens with zero attached hydrogens (tertiary/aromatic N) is 2. The third kappa shape index (κ3) is 2.37. The Morgan fingerprint density at radius 2 is 1.85 bits per heavy atom. The molecule has 3 N–H and O–H groups in total. The summed E-state index contributed by atoms with van der Waals surface area (Å²) < 4.78 is 0. The molecule has 4 heteroatoms. The average molecular weight is 266 g/mol. The predicted molar refractivity (Wildman–Crippen MR) is 80.8 cm³/mol. The van der Waals surface area contributed by atoms with E-state index in [1.807, 2.05) is 19.1 Å². The molecule has 1 aromatic carbocycles. The summed E-state index contributed by atoms with van der Waals surface area (Å²) in [6.07, 6.45) is 7.58. The Labute approximate surface area is 118 Å². The monoisotopic (exact) mass is 266 g/mol. The molecular weight excluding hydrogens is 248 g/mol. The zero-order chi connectivity index (χ0) is 14.0. The topological polar surface area (TPSA) is 63.8 Å². The van der Waals surface area contributed by atoms with Crippen LogP contribution in [0, 0.1) is 0 Å². The van der Waals surface area contributed by atoms with Crippen molar-refractivity contribution in [3.05, 3.63) is 59.9 Å². The van der Waals surface area contributed by atoms with E-state index in [0.29, 0.717) is 11.6 Å². The molecule has 0 spiro atoms. The normalized spacial score (nSPS) is 16.8. The minimum absolute atomic E-state index is 0.00885. The molecule has 0 aliphatic heterocycles. The van der Waals surface area contributed by atoms with E-state index in [0.717, 1.165) is 18.4 Å². The first-order valence-electron chi connectivity index (χ1n) is 6.81. The lowest BCUT2D eigenvalue weighted by Crippen LogP contribution is -2.20. The molecule has 0 saturated heterocycles. The van der Waals surface area contributed by atoms with Crippen LogP contribution in [0.15, 0.2) is 48.8 Å². The van der Waals surface area contributed by atoms with Crippen molar-refractivity contribution in [2.24, 2.45) is 5.73 Å². The molecule has 0 radical (unpaired) electrons. The van der Waals surface area contributed by atoms with Gasteiger partial charge in [-0.2, -0.15) is 0 Å². The summed E-state index contributed by atoms with van der Waals surface area (Å²) in [6.45, 7) is 1.90. The molecule has 0 amide bonds. The number of benzene rings is 1. The van der Waals surface area contributed by atoms with E-state index in [2.05, 4.69) is 39.6 Å². The summed E-state index contributed by atoms with van der Waals surface area (Å²) in [5, 5.41) is 3.45. The second kappa shape index (κ2) is 4.96. The number of hydrogen-bond donors (Lipinski definition) is 2. The highest BCUT2D eigenvalue weighted by molar-refractivity contribution is 5.61. The molecule has 3 rings (SSSR count). The van der Waals surface area contributed by atoms with E-state index in [-0.39, 0.29) is 5.54 Å². The zero-order valence-corrected chi connectivity index (χ0v) is 11.5. The van der Waals surface area contributed by atoms with E-state index in [4.69, 9.17) is 5.73 Å². The molecule has 4 nitrogen and oxygen atoms in total. The van der Waals surface area contributed by atoms with Gasteiger partial charge in [-0.1, -0.05) is 36.4 Å². The van der Waals surface area contributed by atoms with Crippen molar-refractivity contribution in [2.75, 3.05) is 5.32 Å². The molecular formula is C16H18N4. The van der Waals surface area contributed by atoms with Crippen LogP contribution in [0.2, 0.25) is 0 Å². The maximum Gasteiger partial charge on any atom is 0.223 e. The molecule has 1 aromatic heterocycles. The molecule has 1 aliphatic carbocycles. The Bertz CT molecular complexity index is 613. The molecule has 20 heavy (non-hydrogen) atoms. The van der Waals surface area contributed by atoms with Crippen LogP contribution in [0.3, 0.4) is 0 Å². The highest BCUT2D eigenvalue weighted by Crippen LogP contribution is 2.47. The average Bonchev–Trinajstić information content (AvgIpc) is 3.29. The molecule has 0 atom stereocenters. The quantitative estimate of drug-likeness (QED) is 0.893. The van der Waals surface area contributed by atoms with Crippen LogP contribution in [-0.4, -0.2) is 9.97 Å². The van der Waals surface area contributed by atoms with Crippen LogP contribution in [0.4, 0.5) is 5.95 Å². The van der Waals surface area contributed by atoms with Crippen LogP contribution in [0.5, 0.6) is 0 Å². The maximum absolute atomic E-state index is 5.84. The third-order valence-electron chi connectivity index (χ3n) is 3.72. The number of nitrogens with one attached hydrogen (secondary N) is 1. The highest BCUT2D eigenvalue weighted by atomic mass is 15.2. The summed E-state index contributed by atoms with van der Waals surface area (Å²) in [7, 11) is 0. The molecule has 1 fully saturated rings. The van der Waals surface area contributed by atoms with Crippen molar-refractivity contribution in [1.82, 2.24) is 9.97 Å². The van der Waals surface area contributed by atoms with Crippen LogP contribution in [-0.2, 0) is 5.54 Å². The summed E-state index contributed by atoms with van der Waals surface area (Å²) in [5.41, 5.74) is 8.68. The van der Waals surface area contributed by atoms with Gasteiger partial charge in [0.1, 0.15) is 0 Å². The van der Waals surface area contributed by atoms with Gasteiger partial charge in [0.25, 0.3) is 0 Å². The van der Waals surface area contributed by atoms with Gasteiger partial charge < -0.3 is 11.1 Å². The van der Waals surface area contributed by atoms with Crippen molar-refractivity contribution in [1.29, 1.82) is 0 Å². The molecule has 1 saturated carbocycles. The van der Waals surface area contributed by atoms with Crippen molar-refractivity contribution in [3.63, 3.8) is 0 Å². The second-order valence-electron chi connectivity index (χ2n) is 5.11. The summed E-state index contributed by atoms with van der Waals surface area (Å²) >= 11 is 0. The molecule has 2 aromatic rings.